The largest absolute Gasteiger partial charge is 0.317 e. The Balaban J connectivity index is 1.63. The van der Waals surface area contributed by atoms with Crippen LogP contribution in [0.15, 0.2) is 0 Å². The Morgan fingerprint density at radius 2 is 2.00 bits per heavy atom. The summed E-state index contributed by atoms with van der Waals surface area (Å²) >= 11 is 0. The first-order valence-electron chi connectivity index (χ1n) is 6.21. The molecule has 1 saturated carbocycles. The molecule has 14 heavy (non-hydrogen) atoms. The summed E-state index contributed by atoms with van der Waals surface area (Å²) in [6, 6.07) is 0.809. The van der Waals surface area contributed by atoms with Gasteiger partial charge in [-0.2, -0.15) is 0 Å². The van der Waals surface area contributed by atoms with Gasteiger partial charge in [-0.1, -0.05) is 13.3 Å². The summed E-state index contributed by atoms with van der Waals surface area (Å²) in [5, 5.41) is 3.40. The molecule has 2 heteroatoms. The van der Waals surface area contributed by atoms with Crippen molar-refractivity contribution in [3.05, 3.63) is 0 Å². The van der Waals surface area contributed by atoms with E-state index in [4.69, 9.17) is 0 Å². The maximum atomic E-state index is 3.40. The van der Waals surface area contributed by atoms with Gasteiger partial charge in [-0.05, 0) is 38.1 Å². The third-order valence-electron chi connectivity index (χ3n) is 4.08. The lowest BCUT2D eigenvalue weighted by Crippen LogP contribution is -2.48. The van der Waals surface area contributed by atoms with Crippen molar-refractivity contribution < 1.29 is 0 Å². The van der Waals surface area contributed by atoms with Gasteiger partial charge in [-0.15, -0.1) is 0 Å². The monoisotopic (exact) mass is 196 g/mol. The smallest absolute Gasteiger partial charge is 0.00672 e. The molecule has 0 amide bonds. The van der Waals surface area contributed by atoms with E-state index in [1.807, 2.05) is 0 Å². The minimum atomic E-state index is 0.809. The number of rotatable bonds is 4. The maximum absolute atomic E-state index is 3.40. The molecule has 1 aliphatic carbocycles. The summed E-state index contributed by atoms with van der Waals surface area (Å²) in [7, 11) is 2.10. The normalized spacial score (nSPS) is 34.7. The van der Waals surface area contributed by atoms with Crippen LogP contribution in [0.4, 0.5) is 0 Å². The fourth-order valence-corrected chi connectivity index (χ4v) is 2.95. The van der Waals surface area contributed by atoms with Crippen LogP contribution in [0, 0.1) is 11.8 Å². The molecule has 1 heterocycles. The molecular formula is C12H24N2. The van der Waals surface area contributed by atoms with Crippen molar-refractivity contribution in [2.45, 2.75) is 38.6 Å². The number of likely N-dealkylation sites (tertiary alicyclic amines) is 1. The molecule has 0 aromatic rings. The number of hydrogen-bond acceptors (Lipinski definition) is 2. The highest BCUT2D eigenvalue weighted by atomic mass is 15.2. The Kier molecular flexibility index (Phi) is 3.45. The standard InChI is InChI=1S/C12H24N2/c1-3-10-7-14(8-10)9-11-4-5-12(6-11)13-2/h10-13H,3-9H2,1-2H3. The van der Waals surface area contributed by atoms with Crippen molar-refractivity contribution in [3.63, 3.8) is 0 Å². The van der Waals surface area contributed by atoms with Crippen molar-refractivity contribution >= 4 is 0 Å². The van der Waals surface area contributed by atoms with Crippen molar-refractivity contribution in [1.82, 2.24) is 10.2 Å². The van der Waals surface area contributed by atoms with Gasteiger partial charge in [-0.3, -0.25) is 0 Å². The van der Waals surface area contributed by atoms with E-state index in [9.17, 15) is 0 Å². The second-order valence-electron chi connectivity index (χ2n) is 5.16. The fourth-order valence-electron chi connectivity index (χ4n) is 2.95. The second kappa shape index (κ2) is 4.63. The van der Waals surface area contributed by atoms with Crippen LogP contribution in [0.5, 0.6) is 0 Å². The van der Waals surface area contributed by atoms with Gasteiger partial charge in [0.25, 0.3) is 0 Å². The Bertz CT molecular complexity index is 175. The molecular weight excluding hydrogens is 172 g/mol. The Morgan fingerprint density at radius 1 is 1.21 bits per heavy atom. The van der Waals surface area contributed by atoms with E-state index in [-0.39, 0.29) is 0 Å². The molecule has 1 N–H and O–H groups in total. The van der Waals surface area contributed by atoms with E-state index in [1.54, 1.807) is 0 Å². The molecule has 0 spiro atoms. The average molecular weight is 196 g/mol. The molecule has 2 rings (SSSR count). The molecule has 2 atom stereocenters. The van der Waals surface area contributed by atoms with Crippen LogP contribution in [-0.2, 0) is 0 Å². The van der Waals surface area contributed by atoms with Crippen LogP contribution < -0.4 is 5.32 Å². The SMILES string of the molecule is CCC1CN(CC2CCC(NC)C2)C1. The van der Waals surface area contributed by atoms with Crippen LogP contribution in [0.3, 0.4) is 0 Å². The topological polar surface area (TPSA) is 15.3 Å². The number of nitrogens with one attached hydrogen (secondary N) is 1. The molecule has 2 unspecified atom stereocenters. The van der Waals surface area contributed by atoms with Crippen LogP contribution in [0.25, 0.3) is 0 Å². The molecule has 2 fully saturated rings. The summed E-state index contributed by atoms with van der Waals surface area (Å²) in [6.45, 7) is 6.43. The molecule has 0 aromatic heterocycles. The highest BCUT2D eigenvalue weighted by Crippen LogP contribution is 2.29. The third kappa shape index (κ3) is 2.29. The minimum absolute atomic E-state index is 0.809. The van der Waals surface area contributed by atoms with Gasteiger partial charge in [0.2, 0.25) is 0 Å². The van der Waals surface area contributed by atoms with Gasteiger partial charge in [0.05, 0.1) is 0 Å². The molecule has 0 bridgehead atoms. The second-order valence-corrected chi connectivity index (χ2v) is 5.16. The quantitative estimate of drug-likeness (QED) is 0.736. The molecule has 0 aromatic carbocycles. The summed E-state index contributed by atoms with van der Waals surface area (Å²) in [4.78, 5) is 2.65. The first-order chi connectivity index (χ1) is 6.81. The lowest BCUT2D eigenvalue weighted by Gasteiger charge is -2.40. The van der Waals surface area contributed by atoms with Gasteiger partial charge >= 0.3 is 0 Å². The molecule has 82 valence electrons. The van der Waals surface area contributed by atoms with Gasteiger partial charge in [0.1, 0.15) is 0 Å². The predicted molar refractivity (Wildman–Crippen MR) is 60.4 cm³/mol. The zero-order valence-electron chi connectivity index (χ0n) is 9.63. The molecule has 1 saturated heterocycles. The van der Waals surface area contributed by atoms with Crippen molar-refractivity contribution in [2.24, 2.45) is 11.8 Å². The van der Waals surface area contributed by atoms with Crippen LogP contribution >= 0.6 is 0 Å². The first kappa shape index (κ1) is 10.4. The number of nitrogens with zero attached hydrogens (tertiary/aromatic N) is 1. The third-order valence-corrected chi connectivity index (χ3v) is 4.08. The van der Waals surface area contributed by atoms with E-state index >= 15 is 0 Å². The Labute approximate surface area is 88.1 Å². The number of hydrogen-bond donors (Lipinski definition) is 1. The lowest BCUT2D eigenvalue weighted by molar-refractivity contribution is 0.0797. The average Bonchev–Trinajstić information content (AvgIpc) is 2.58. The summed E-state index contributed by atoms with van der Waals surface area (Å²) in [6.07, 6.45) is 5.62. The van der Waals surface area contributed by atoms with Crippen molar-refractivity contribution in [2.75, 3.05) is 26.7 Å². The maximum Gasteiger partial charge on any atom is 0.00672 e. The van der Waals surface area contributed by atoms with Crippen LogP contribution in [-0.4, -0.2) is 37.6 Å². The van der Waals surface area contributed by atoms with E-state index in [2.05, 4.69) is 24.2 Å². The van der Waals surface area contributed by atoms with Gasteiger partial charge < -0.3 is 10.2 Å². The first-order valence-corrected chi connectivity index (χ1v) is 6.21. The lowest BCUT2D eigenvalue weighted by atomic mass is 9.95. The van der Waals surface area contributed by atoms with E-state index < -0.39 is 0 Å². The summed E-state index contributed by atoms with van der Waals surface area (Å²) < 4.78 is 0. The van der Waals surface area contributed by atoms with E-state index in [0.717, 1.165) is 17.9 Å². The Hall–Kier alpha value is -0.0800. The summed E-state index contributed by atoms with van der Waals surface area (Å²) in [5.74, 6) is 1.99. The van der Waals surface area contributed by atoms with Gasteiger partial charge in [-0.25, -0.2) is 0 Å². The summed E-state index contributed by atoms with van der Waals surface area (Å²) in [5.41, 5.74) is 0. The minimum Gasteiger partial charge on any atom is -0.317 e. The highest BCUT2D eigenvalue weighted by Gasteiger charge is 2.30. The highest BCUT2D eigenvalue weighted by molar-refractivity contribution is 4.85. The Morgan fingerprint density at radius 3 is 2.57 bits per heavy atom. The zero-order valence-corrected chi connectivity index (χ0v) is 9.63. The van der Waals surface area contributed by atoms with Crippen molar-refractivity contribution in [1.29, 1.82) is 0 Å². The van der Waals surface area contributed by atoms with Gasteiger partial charge in [0.15, 0.2) is 0 Å². The van der Waals surface area contributed by atoms with Crippen molar-refractivity contribution in [3.8, 4) is 0 Å². The molecule has 0 radical (unpaired) electrons. The molecule has 1 aliphatic heterocycles. The molecule has 2 nitrogen and oxygen atoms in total. The zero-order chi connectivity index (χ0) is 9.97. The van der Waals surface area contributed by atoms with Gasteiger partial charge in [0, 0.05) is 25.7 Å². The van der Waals surface area contributed by atoms with Crippen LogP contribution in [0.2, 0.25) is 0 Å². The fraction of sp³-hybridized carbons (Fsp3) is 1.00. The van der Waals surface area contributed by atoms with E-state index in [0.29, 0.717) is 0 Å². The predicted octanol–water partition coefficient (Wildman–Crippen LogP) is 1.72. The van der Waals surface area contributed by atoms with Crippen LogP contribution in [0.1, 0.15) is 32.6 Å². The molecule has 2 aliphatic rings. The van der Waals surface area contributed by atoms with E-state index in [1.165, 1.54) is 45.3 Å².